The standard InChI is InChI=1S/C10H18N4O/c1-13-6-9(11)10(12-13)14-4-2-3-8(5-14)7-15/h6,8,15H,2-5,7,11H2,1H3. The van der Waals surface area contributed by atoms with E-state index in [4.69, 9.17) is 10.8 Å². The molecule has 3 N–H and O–H groups in total. The molecule has 1 fully saturated rings. The summed E-state index contributed by atoms with van der Waals surface area (Å²) in [5.41, 5.74) is 6.59. The summed E-state index contributed by atoms with van der Waals surface area (Å²) in [6, 6.07) is 0. The largest absolute Gasteiger partial charge is 0.396 e. The Morgan fingerprint density at radius 2 is 2.47 bits per heavy atom. The molecule has 1 atom stereocenters. The van der Waals surface area contributed by atoms with Crippen LogP contribution in [0.15, 0.2) is 6.20 Å². The molecule has 5 heteroatoms. The number of aryl methyl sites for hydroxylation is 1. The van der Waals surface area contributed by atoms with Gasteiger partial charge >= 0.3 is 0 Å². The van der Waals surface area contributed by atoms with Gasteiger partial charge in [-0.3, -0.25) is 4.68 Å². The zero-order valence-corrected chi connectivity index (χ0v) is 9.06. The first-order valence-corrected chi connectivity index (χ1v) is 5.35. The van der Waals surface area contributed by atoms with Gasteiger partial charge in [0.1, 0.15) is 0 Å². The summed E-state index contributed by atoms with van der Waals surface area (Å²) in [6.07, 6.45) is 4.01. The second kappa shape index (κ2) is 4.10. The van der Waals surface area contributed by atoms with E-state index in [1.807, 2.05) is 13.2 Å². The number of hydrogen-bond donors (Lipinski definition) is 2. The molecule has 1 aromatic heterocycles. The highest BCUT2D eigenvalue weighted by atomic mass is 16.3. The normalized spacial score (nSPS) is 22.0. The first kappa shape index (κ1) is 10.3. The van der Waals surface area contributed by atoms with E-state index in [2.05, 4.69) is 10.00 Å². The topological polar surface area (TPSA) is 67.3 Å². The third-order valence-electron chi connectivity index (χ3n) is 2.91. The summed E-state index contributed by atoms with van der Waals surface area (Å²) in [6.45, 7) is 2.10. The lowest BCUT2D eigenvalue weighted by Crippen LogP contribution is -2.37. The molecular weight excluding hydrogens is 192 g/mol. The SMILES string of the molecule is Cn1cc(N)c(N2CCCC(CO)C2)n1. The van der Waals surface area contributed by atoms with Crippen LogP contribution in [-0.4, -0.2) is 34.6 Å². The second-order valence-corrected chi connectivity index (χ2v) is 4.22. The van der Waals surface area contributed by atoms with Crippen molar-refractivity contribution in [3.8, 4) is 0 Å². The number of aliphatic hydroxyl groups excluding tert-OH is 1. The van der Waals surface area contributed by atoms with E-state index in [0.29, 0.717) is 5.92 Å². The Hall–Kier alpha value is -1.23. The Kier molecular flexibility index (Phi) is 2.81. The molecule has 0 aromatic carbocycles. The van der Waals surface area contributed by atoms with Crippen LogP contribution < -0.4 is 10.6 Å². The number of piperidine rings is 1. The van der Waals surface area contributed by atoms with Gasteiger partial charge in [0.25, 0.3) is 0 Å². The number of rotatable bonds is 2. The van der Waals surface area contributed by atoms with E-state index < -0.39 is 0 Å². The zero-order chi connectivity index (χ0) is 10.8. The Labute approximate surface area is 89.5 Å². The van der Waals surface area contributed by atoms with Crippen LogP contribution in [0.2, 0.25) is 0 Å². The second-order valence-electron chi connectivity index (χ2n) is 4.22. The van der Waals surface area contributed by atoms with Gasteiger partial charge in [-0.25, -0.2) is 0 Å². The monoisotopic (exact) mass is 210 g/mol. The number of hydrogen-bond acceptors (Lipinski definition) is 4. The fourth-order valence-electron chi connectivity index (χ4n) is 2.15. The van der Waals surface area contributed by atoms with Crippen LogP contribution in [0, 0.1) is 5.92 Å². The molecule has 2 rings (SSSR count). The van der Waals surface area contributed by atoms with Gasteiger partial charge < -0.3 is 15.7 Å². The van der Waals surface area contributed by atoms with Crippen LogP contribution >= 0.6 is 0 Å². The predicted molar refractivity (Wildman–Crippen MR) is 59.6 cm³/mol. The van der Waals surface area contributed by atoms with Crippen LogP contribution in [0.5, 0.6) is 0 Å². The number of aliphatic hydroxyl groups is 1. The highest BCUT2D eigenvalue weighted by Crippen LogP contribution is 2.25. The molecule has 1 aromatic rings. The molecule has 0 aliphatic carbocycles. The summed E-state index contributed by atoms with van der Waals surface area (Å²) < 4.78 is 1.73. The maximum absolute atomic E-state index is 9.15. The quantitative estimate of drug-likeness (QED) is 0.732. The summed E-state index contributed by atoms with van der Waals surface area (Å²) in [5.74, 6) is 1.22. The summed E-state index contributed by atoms with van der Waals surface area (Å²) >= 11 is 0. The first-order chi connectivity index (χ1) is 7.20. The van der Waals surface area contributed by atoms with Crippen molar-refractivity contribution in [2.45, 2.75) is 12.8 Å². The van der Waals surface area contributed by atoms with Gasteiger partial charge in [-0.05, 0) is 18.8 Å². The van der Waals surface area contributed by atoms with Crippen molar-refractivity contribution >= 4 is 11.5 Å². The van der Waals surface area contributed by atoms with E-state index >= 15 is 0 Å². The van der Waals surface area contributed by atoms with Crippen molar-refractivity contribution < 1.29 is 5.11 Å². The smallest absolute Gasteiger partial charge is 0.173 e. The van der Waals surface area contributed by atoms with Gasteiger partial charge in [-0.2, -0.15) is 5.10 Å². The fourth-order valence-corrected chi connectivity index (χ4v) is 2.15. The predicted octanol–water partition coefficient (Wildman–Crippen LogP) is 0.211. The Balaban J connectivity index is 2.13. The van der Waals surface area contributed by atoms with Crippen molar-refractivity contribution in [2.75, 3.05) is 30.3 Å². The van der Waals surface area contributed by atoms with Crippen LogP contribution in [-0.2, 0) is 7.05 Å². The van der Waals surface area contributed by atoms with E-state index in [1.54, 1.807) is 4.68 Å². The zero-order valence-electron chi connectivity index (χ0n) is 9.06. The fraction of sp³-hybridized carbons (Fsp3) is 0.700. The first-order valence-electron chi connectivity index (χ1n) is 5.35. The summed E-state index contributed by atoms with van der Waals surface area (Å²) in [5, 5.41) is 13.5. The van der Waals surface area contributed by atoms with Crippen LogP contribution in [0.25, 0.3) is 0 Å². The number of nitrogens with zero attached hydrogens (tertiary/aromatic N) is 3. The van der Waals surface area contributed by atoms with E-state index in [1.165, 1.54) is 0 Å². The van der Waals surface area contributed by atoms with Gasteiger partial charge in [-0.15, -0.1) is 0 Å². The van der Waals surface area contributed by atoms with Crippen molar-refractivity contribution in [3.05, 3.63) is 6.20 Å². The minimum Gasteiger partial charge on any atom is -0.396 e. The lowest BCUT2D eigenvalue weighted by molar-refractivity contribution is 0.208. The van der Waals surface area contributed by atoms with Crippen LogP contribution in [0.4, 0.5) is 11.5 Å². The minimum atomic E-state index is 0.253. The molecule has 2 heterocycles. The van der Waals surface area contributed by atoms with E-state index in [0.717, 1.165) is 37.4 Å². The van der Waals surface area contributed by atoms with Crippen LogP contribution in [0.1, 0.15) is 12.8 Å². The molecule has 84 valence electrons. The van der Waals surface area contributed by atoms with Crippen molar-refractivity contribution in [1.29, 1.82) is 0 Å². The molecule has 0 saturated carbocycles. The molecule has 0 radical (unpaired) electrons. The molecule has 15 heavy (non-hydrogen) atoms. The average Bonchev–Trinajstić information content (AvgIpc) is 2.58. The molecule has 1 aliphatic heterocycles. The molecule has 1 unspecified atom stereocenters. The van der Waals surface area contributed by atoms with Crippen LogP contribution in [0.3, 0.4) is 0 Å². The lowest BCUT2D eigenvalue weighted by atomic mass is 9.99. The van der Waals surface area contributed by atoms with Gasteiger partial charge in [0.2, 0.25) is 0 Å². The molecule has 1 aliphatic rings. The number of nitrogens with two attached hydrogens (primary N) is 1. The molecule has 0 amide bonds. The molecule has 1 saturated heterocycles. The van der Waals surface area contributed by atoms with Crippen molar-refractivity contribution in [1.82, 2.24) is 9.78 Å². The summed E-state index contributed by atoms with van der Waals surface area (Å²) in [4.78, 5) is 2.17. The minimum absolute atomic E-state index is 0.253. The maximum atomic E-state index is 9.15. The van der Waals surface area contributed by atoms with Gasteiger partial charge in [-0.1, -0.05) is 0 Å². The number of aromatic nitrogens is 2. The van der Waals surface area contributed by atoms with Gasteiger partial charge in [0, 0.05) is 32.9 Å². The molecule has 5 nitrogen and oxygen atoms in total. The Morgan fingerprint density at radius 3 is 3.07 bits per heavy atom. The molecular formula is C10H18N4O. The molecule has 0 spiro atoms. The number of nitrogen functional groups attached to an aromatic ring is 1. The van der Waals surface area contributed by atoms with E-state index in [-0.39, 0.29) is 6.61 Å². The average molecular weight is 210 g/mol. The van der Waals surface area contributed by atoms with Crippen molar-refractivity contribution in [2.24, 2.45) is 13.0 Å². The lowest BCUT2D eigenvalue weighted by Gasteiger charge is -2.32. The third kappa shape index (κ3) is 2.07. The molecule has 0 bridgehead atoms. The van der Waals surface area contributed by atoms with E-state index in [9.17, 15) is 0 Å². The third-order valence-corrected chi connectivity index (χ3v) is 2.91. The highest BCUT2D eigenvalue weighted by Gasteiger charge is 2.22. The number of anilines is 2. The van der Waals surface area contributed by atoms with Gasteiger partial charge in [0.05, 0.1) is 5.69 Å². The van der Waals surface area contributed by atoms with Crippen molar-refractivity contribution in [3.63, 3.8) is 0 Å². The summed E-state index contributed by atoms with van der Waals surface area (Å²) in [7, 11) is 1.87. The highest BCUT2D eigenvalue weighted by molar-refractivity contribution is 5.61. The maximum Gasteiger partial charge on any atom is 0.173 e. The Morgan fingerprint density at radius 1 is 1.67 bits per heavy atom. The Bertz CT molecular complexity index is 336. The van der Waals surface area contributed by atoms with Gasteiger partial charge in [0.15, 0.2) is 5.82 Å².